The number of amides is 4. The van der Waals surface area contributed by atoms with E-state index in [0.717, 1.165) is 14.9 Å². The van der Waals surface area contributed by atoms with E-state index in [4.69, 9.17) is 4.74 Å². The minimum atomic E-state index is -0.817. The highest BCUT2D eigenvalue weighted by Crippen LogP contribution is 2.36. The maximum absolute atomic E-state index is 13.4. The van der Waals surface area contributed by atoms with Crippen molar-refractivity contribution < 1.29 is 23.5 Å². The lowest BCUT2D eigenvalue weighted by molar-refractivity contribution is -0.122. The van der Waals surface area contributed by atoms with Crippen molar-refractivity contribution in [1.82, 2.24) is 5.32 Å². The number of benzene rings is 3. The molecule has 4 amide bonds. The third kappa shape index (κ3) is 5.55. The van der Waals surface area contributed by atoms with Gasteiger partial charge in [-0.2, -0.15) is 0 Å². The Balaban J connectivity index is 1.62. The second kappa shape index (κ2) is 10.4. The number of nitrogens with zero attached hydrogens (tertiary/aromatic N) is 1. The Labute approximate surface area is 225 Å². The Morgan fingerprint density at radius 2 is 1.69 bits per heavy atom. The largest absolute Gasteiger partial charge is 0.487 e. The van der Waals surface area contributed by atoms with Gasteiger partial charge in [0.25, 0.3) is 11.8 Å². The van der Waals surface area contributed by atoms with Gasteiger partial charge in [-0.3, -0.25) is 14.9 Å². The average Bonchev–Trinajstić information content (AvgIpc) is 2.78. The zero-order chi connectivity index (χ0) is 25.3. The summed E-state index contributed by atoms with van der Waals surface area (Å²) in [6.45, 7) is 1.97. The average molecular weight is 667 g/mol. The van der Waals surface area contributed by atoms with E-state index in [1.807, 2.05) is 6.92 Å². The predicted octanol–water partition coefficient (Wildman–Crippen LogP) is 6.67. The summed E-state index contributed by atoms with van der Waals surface area (Å²) in [6, 6.07) is 13.6. The number of hydrogen-bond acceptors (Lipinski definition) is 4. The van der Waals surface area contributed by atoms with Gasteiger partial charge in [0.1, 0.15) is 23.7 Å². The highest BCUT2D eigenvalue weighted by molar-refractivity contribution is 9.11. The lowest BCUT2D eigenvalue weighted by atomic mass is 10.1. The molecule has 1 aliphatic rings. The van der Waals surface area contributed by atoms with Crippen LogP contribution in [0.25, 0.3) is 6.08 Å². The van der Waals surface area contributed by atoms with E-state index in [9.17, 15) is 18.8 Å². The number of imide groups is 2. The number of anilines is 1. The van der Waals surface area contributed by atoms with Gasteiger partial charge in [0, 0.05) is 4.47 Å². The molecule has 0 spiro atoms. The summed E-state index contributed by atoms with van der Waals surface area (Å²) in [7, 11) is 0. The Kier molecular flexibility index (Phi) is 7.53. The van der Waals surface area contributed by atoms with Crippen molar-refractivity contribution in [2.24, 2.45) is 0 Å². The van der Waals surface area contributed by atoms with Crippen LogP contribution in [0.5, 0.6) is 5.75 Å². The number of urea groups is 1. The van der Waals surface area contributed by atoms with Crippen molar-refractivity contribution in [3.8, 4) is 5.75 Å². The van der Waals surface area contributed by atoms with E-state index < -0.39 is 17.8 Å². The molecule has 1 heterocycles. The maximum Gasteiger partial charge on any atom is 0.335 e. The molecule has 1 fully saturated rings. The van der Waals surface area contributed by atoms with Crippen LogP contribution in [0.4, 0.5) is 14.9 Å². The molecule has 1 saturated heterocycles. The van der Waals surface area contributed by atoms with Gasteiger partial charge in [-0.05, 0) is 104 Å². The predicted molar refractivity (Wildman–Crippen MR) is 140 cm³/mol. The lowest BCUT2D eigenvalue weighted by Gasteiger charge is -2.26. The van der Waals surface area contributed by atoms with Crippen molar-refractivity contribution in [3.63, 3.8) is 0 Å². The summed E-state index contributed by atoms with van der Waals surface area (Å²) in [6.07, 6.45) is 1.40. The first-order valence-electron chi connectivity index (χ1n) is 10.2. The first kappa shape index (κ1) is 25.3. The highest BCUT2D eigenvalue weighted by Gasteiger charge is 2.37. The number of hydrogen-bond donors (Lipinski definition) is 1. The Morgan fingerprint density at radius 1 is 0.971 bits per heavy atom. The lowest BCUT2D eigenvalue weighted by Crippen LogP contribution is -2.54. The topological polar surface area (TPSA) is 75.7 Å². The van der Waals surface area contributed by atoms with Crippen molar-refractivity contribution in [1.29, 1.82) is 0 Å². The SMILES string of the molecule is Cc1cc(N2C(=O)NC(=O)/C(=C\c3cc(Br)c(OCc4cccc(F)c4)c(Br)c3)C2=O)ccc1Br. The minimum Gasteiger partial charge on any atom is -0.487 e. The van der Waals surface area contributed by atoms with Gasteiger partial charge in [0.2, 0.25) is 0 Å². The van der Waals surface area contributed by atoms with Gasteiger partial charge in [0.05, 0.1) is 14.6 Å². The van der Waals surface area contributed by atoms with Crippen molar-refractivity contribution in [2.75, 3.05) is 4.90 Å². The van der Waals surface area contributed by atoms with Crippen LogP contribution in [0.2, 0.25) is 0 Å². The van der Waals surface area contributed by atoms with E-state index in [0.29, 0.717) is 31.5 Å². The molecule has 4 rings (SSSR count). The molecule has 1 aliphatic heterocycles. The molecule has 6 nitrogen and oxygen atoms in total. The zero-order valence-electron chi connectivity index (χ0n) is 18.1. The number of carbonyl (C=O) groups is 3. The first-order chi connectivity index (χ1) is 16.6. The molecular formula is C25H16Br3FN2O4. The second-order valence-corrected chi connectivity index (χ2v) is 10.2. The standard InChI is InChI=1S/C25H16Br3FN2O4/c1-13-7-17(5-6-19(13)26)31-24(33)18(23(32)30-25(31)34)9-15-10-20(27)22(21(28)11-15)35-12-14-3-2-4-16(29)8-14/h2-11H,12H2,1H3,(H,30,32,34)/b18-9+. The van der Waals surface area contributed by atoms with Crippen molar-refractivity contribution >= 4 is 77.4 Å². The number of barbiturate groups is 1. The molecule has 0 bridgehead atoms. The number of nitrogens with one attached hydrogen (secondary N) is 1. The third-order valence-corrected chi connectivity index (χ3v) is 7.17. The van der Waals surface area contributed by atoms with E-state index in [2.05, 4.69) is 53.1 Å². The molecule has 3 aromatic rings. The molecular weight excluding hydrogens is 651 g/mol. The van der Waals surface area contributed by atoms with Crippen LogP contribution in [0.1, 0.15) is 16.7 Å². The van der Waals surface area contributed by atoms with Crippen LogP contribution in [0.15, 0.2) is 73.6 Å². The van der Waals surface area contributed by atoms with E-state index in [-0.39, 0.29) is 18.0 Å². The fourth-order valence-corrected chi connectivity index (χ4v) is 5.11. The van der Waals surface area contributed by atoms with Crippen LogP contribution in [0, 0.1) is 12.7 Å². The van der Waals surface area contributed by atoms with Gasteiger partial charge < -0.3 is 4.74 Å². The fraction of sp³-hybridized carbons (Fsp3) is 0.0800. The van der Waals surface area contributed by atoms with E-state index in [1.54, 1.807) is 42.5 Å². The molecule has 1 N–H and O–H groups in total. The number of rotatable bonds is 5. The molecule has 0 radical (unpaired) electrons. The number of ether oxygens (including phenoxy) is 1. The van der Waals surface area contributed by atoms with Crippen LogP contribution in [-0.2, 0) is 16.2 Å². The summed E-state index contributed by atoms with van der Waals surface area (Å²) in [5.41, 5.74) is 2.15. The molecule has 3 aromatic carbocycles. The Bertz CT molecular complexity index is 1380. The second-order valence-electron chi connectivity index (χ2n) is 7.62. The van der Waals surface area contributed by atoms with Gasteiger partial charge in [-0.15, -0.1) is 0 Å². The molecule has 0 aliphatic carbocycles. The van der Waals surface area contributed by atoms with Gasteiger partial charge in [-0.1, -0.05) is 28.1 Å². The summed E-state index contributed by atoms with van der Waals surface area (Å²) in [4.78, 5) is 39.0. The zero-order valence-corrected chi connectivity index (χ0v) is 22.8. The van der Waals surface area contributed by atoms with Crippen molar-refractivity contribution in [3.05, 3.63) is 96.1 Å². The number of halogens is 4. The molecule has 10 heteroatoms. The first-order valence-corrected chi connectivity index (χ1v) is 12.6. The summed E-state index contributed by atoms with van der Waals surface area (Å²) < 4.78 is 21.2. The molecule has 0 saturated carbocycles. The molecule has 0 unspecified atom stereocenters. The normalized spacial score (nSPS) is 14.9. The molecule has 0 aromatic heterocycles. The van der Waals surface area contributed by atoms with Crippen LogP contribution >= 0.6 is 47.8 Å². The molecule has 178 valence electrons. The van der Waals surface area contributed by atoms with Gasteiger partial charge in [-0.25, -0.2) is 14.1 Å². The third-order valence-electron chi connectivity index (χ3n) is 5.11. The highest BCUT2D eigenvalue weighted by atomic mass is 79.9. The van der Waals surface area contributed by atoms with Crippen LogP contribution < -0.4 is 15.0 Å². The van der Waals surface area contributed by atoms with E-state index in [1.165, 1.54) is 18.2 Å². The number of carbonyl (C=O) groups excluding carboxylic acids is 3. The van der Waals surface area contributed by atoms with E-state index >= 15 is 0 Å². The Hall–Kier alpha value is -2.82. The monoisotopic (exact) mass is 664 g/mol. The summed E-state index contributed by atoms with van der Waals surface area (Å²) >= 11 is 10.3. The quantitative estimate of drug-likeness (QED) is 0.244. The molecule has 35 heavy (non-hydrogen) atoms. The van der Waals surface area contributed by atoms with Gasteiger partial charge >= 0.3 is 6.03 Å². The summed E-state index contributed by atoms with van der Waals surface area (Å²) in [5.74, 6) is -1.41. The van der Waals surface area contributed by atoms with Crippen LogP contribution in [-0.4, -0.2) is 17.8 Å². The van der Waals surface area contributed by atoms with Crippen molar-refractivity contribution in [2.45, 2.75) is 13.5 Å². The number of aryl methyl sites for hydroxylation is 1. The summed E-state index contributed by atoms with van der Waals surface area (Å²) in [5, 5.41) is 2.21. The van der Waals surface area contributed by atoms with Gasteiger partial charge in [0.15, 0.2) is 0 Å². The molecule has 0 atom stereocenters. The Morgan fingerprint density at radius 3 is 2.34 bits per heavy atom. The minimum absolute atomic E-state index is 0.139. The smallest absolute Gasteiger partial charge is 0.335 e. The van der Waals surface area contributed by atoms with Crippen LogP contribution in [0.3, 0.4) is 0 Å². The maximum atomic E-state index is 13.4. The fourth-order valence-electron chi connectivity index (χ4n) is 3.41.